The van der Waals surface area contributed by atoms with Crippen LogP contribution in [0.1, 0.15) is 37.4 Å². The van der Waals surface area contributed by atoms with Crippen molar-refractivity contribution >= 4 is 23.3 Å². The molecule has 138 valence electrons. The lowest BCUT2D eigenvalue weighted by Crippen LogP contribution is -2.34. The summed E-state index contributed by atoms with van der Waals surface area (Å²) < 4.78 is 14.0. The Labute approximate surface area is 153 Å². The Morgan fingerprint density at radius 2 is 1.85 bits per heavy atom. The van der Waals surface area contributed by atoms with Crippen LogP contribution in [0.4, 0.5) is 20.6 Å². The van der Waals surface area contributed by atoms with E-state index in [1.807, 2.05) is 13.0 Å². The maximum atomic E-state index is 14.0. The normalized spacial score (nSPS) is 11.6. The lowest BCUT2D eigenvalue weighted by molar-refractivity contribution is -0.115. The Hall–Kier alpha value is -2.89. The van der Waals surface area contributed by atoms with Gasteiger partial charge in [-0.05, 0) is 37.6 Å². The van der Waals surface area contributed by atoms with Crippen LogP contribution in [0.15, 0.2) is 42.5 Å². The first-order valence-electron chi connectivity index (χ1n) is 8.52. The molecule has 0 saturated heterocycles. The van der Waals surface area contributed by atoms with Crippen molar-refractivity contribution in [2.75, 3.05) is 17.7 Å². The zero-order valence-corrected chi connectivity index (χ0v) is 15.5. The Bertz CT molecular complexity index is 807. The predicted molar refractivity (Wildman–Crippen MR) is 102 cm³/mol. The zero-order valence-electron chi connectivity index (χ0n) is 15.5. The summed E-state index contributed by atoms with van der Waals surface area (Å²) in [5.74, 6) is -0.448. The number of carbonyl (C=O) groups excluding carboxylic acids is 2. The van der Waals surface area contributed by atoms with Gasteiger partial charge in [0.1, 0.15) is 5.82 Å². The van der Waals surface area contributed by atoms with Crippen molar-refractivity contribution in [3.8, 4) is 0 Å². The SMILES string of the molecule is CCC(=O)Nc1ccc(C)c(NC(=O)N(C)C(C)c2ccccc2F)c1. The third kappa shape index (κ3) is 4.59. The predicted octanol–water partition coefficient (Wildman–Crippen LogP) is 4.71. The van der Waals surface area contributed by atoms with Crippen LogP contribution in [-0.4, -0.2) is 23.9 Å². The number of anilines is 2. The molecule has 0 bridgehead atoms. The molecule has 26 heavy (non-hydrogen) atoms. The van der Waals surface area contributed by atoms with Crippen molar-refractivity contribution in [1.29, 1.82) is 0 Å². The minimum atomic E-state index is -0.431. The number of nitrogens with one attached hydrogen (secondary N) is 2. The summed E-state index contributed by atoms with van der Waals surface area (Å²) in [6, 6.07) is 10.9. The van der Waals surface area contributed by atoms with Crippen molar-refractivity contribution in [3.05, 3.63) is 59.4 Å². The van der Waals surface area contributed by atoms with Gasteiger partial charge in [-0.3, -0.25) is 4.79 Å². The molecule has 5 nitrogen and oxygen atoms in total. The number of amides is 3. The summed E-state index contributed by atoms with van der Waals surface area (Å²) in [5, 5.41) is 5.59. The number of hydrogen-bond donors (Lipinski definition) is 2. The number of aryl methyl sites for hydroxylation is 1. The summed E-state index contributed by atoms with van der Waals surface area (Å²) in [6.07, 6.45) is 0.373. The molecule has 2 aromatic carbocycles. The second-order valence-electron chi connectivity index (χ2n) is 6.17. The van der Waals surface area contributed by atoms with Gasteiger partial charge in [0.15, 0.2) is 0 Å². The van der Waals surface area contributed by atoms with Gasteiger partial charge in [-0.15, -0.1) is 0 Å². The Morgan fingerprint density at radius 3 is 2.50 bits per heavy atom. The fraction of sp³-hybridized carbons (Fsp3) is 0.300. The molecule has 0 aliphatic carbocycles. The molecule has 2 rings (SSSR count). The van der Waals surface area contributed by atoms with Crippen LogP contribution in [0.2, 0.25) is 0 Å². The Kier molecular flexibility index (Phi) is 6.33. The standard InChI is InChI=1S/C20H24FN3O2/c1-5-19(25)22-15-11-10-13(2)18(12-15)23-20(26)24(4)14(3)16-8-6-7-9-17(16)21/h6-12,14H,5H2,1-4H3,(H,22,25)(H,23,26). The lowest BCUT2D eigenvalue weighted by atomic mass is 10.1. The monoisotopic (exact) mass is 357 g/mol. The van der Waals surface area contributed by atoms with Gasteiger partial charge in [0.2, 0.25) is 5.91 Å². The minimum Gasteiger partial charge on any atom is -0.326 e. The Balaban J connectivity index is 2.14. The number of nitrogens with zero attached hydrogens (tertiary/aromatic N) is 1. The fourth-order valence-corrected chi connectivity index (χ4v) is 2.49. The van der Waals surface area contributed by atoms with E-state index < -0.39 is 6.04 Å². The van der Waals surface area contributed by atoms with E-state index in [2.05, 4.69) is 10.6 Å². The third-order valence-electron chi connectivity index (χ3n) is 4.34. The molecule has 0 heterocycles. The zero-order chi connectivity index (χ0) is 19.3. The molecule has 2 N–H and O–H groups in total. The average Bonchev–Trinajstić information content (AvgIpc) is 2.63. The van der Waals surface area contributed by atoms with E-state index in [4.69, 9.17) is 0 Å². The number of rotatable bonds is 5. The third-order valence-corrected chi connectivity index (χ3v) is 4.34. The number of urea groups is 1. The number of halogens is 1. The van der Waals surface area contributed by atoms with Gasteiger partial charge in [-0.2, -0.15) is 0 Å². The summed E-state index contributed by atoms with van der Waals surface area (Å²) >= 11 is 0. The van der Waals surface area contributed by atoms with Crippen molar-refractivity contribution in [1.82, 2.24) is 4.90 Å². The highest BCUT2D eigenvalue weighted by Gasteiger charge is 2.20. The van der Waals surface area contributed by atoms with Gasteiger partial charge in [-0.1, -0.05) is 31.2 Å². The van der Waals surface area contributed by atoms with Crippen LogP contribution in [-0.2, 0) is 4.79 Å². The molecule has 0 radical (unpaired) electrons. The van der Waals surface area contributed by atoms with E-state index in [1.165, 1.54) is 11.0 Å². The van der Waals surface area contributed by atoms with Crippen LogP contribution in [0.25, 0.3) is 0 Å². The maximum absolute atomic E-state index is 14.0. The highest BCUT2D eigenvalue weighted by Crippen LogP contribution is 2.24. The second kappa shape index (κ2) is 8.47. The van der Waals surface area contributed by atoms with E-state index >= 15 is 0 Å². The van der Waals surface area contributed by atoms with Crippen molar-refractivity contribution in [2.45, 2.75) is 33.2 Å². The van der Waals surface area contributed by atoms with Crippen LogP contribution < -0.4 is 10.6 Å². The molecule has 2 aromatic rings. The molecule has 3 amide bonds. The first-order chi connectivity index (χ1) is 12.3. The topological polar surface area (TPSA) is 61.4 Å². The van der Waals surface area contributed by atoms with Gasteiger partial charge in [-0.25, -0.2) is 9.18 Å². The van der Waals surface area contributed by atoms with Gasteiger partial charge < -0.3 is 15.5 Å². The number of benzene rings is 2. The Morgan fingerprint density at radius 1 is 1.15 bits per heavy atom. The van der Waals surface area contributed by atoms with Gasteiger partial charge in [0.25, 0.3) is 0 Å². The van der Waals surface area contributed by atoms with E-state index in [-0.39, 0.29) is 17.8 Å². The smallest absolute Gasteiger partial charge is 0.322 e. The molecular weight excluding hydrogens is 333 g/mol. The molecule has 0 spiro atoms. The molecule has 0 saturated carbocycles. The fourth-order valence-electron chi connectivity index (χ4n) is 2.49. The molecular formula is C20H24FN3O2. The van der Waals surface area contributed by atoms with E-state index in [0.717, 1.165) is 5.56 Å². The van der Waals surface area contributed by atoms with Crippen LogP contribution in [0.5, 0.6) is 0 Å². The first-order valence-corrected chi connectivity index (χ1v) is 8.52. The average molecular weight is 357 g/mol. The molecule has 1 unspecified atom stereocenters. The minimum absolute atomic E-state index is 0.101. The van der Waals surface area contributed by atoms with E-state index in [1.54, 1.807) is 51.2 Å². The number of hydrogen-bond acceptors (Lipinski definition) is 2. The van der Waals surface area contributed by atoms with Gasteiger partial charge >= 0.3 is 6.03 Å². The summed E-state index contributed by atoms with van der Waals surface area (Å²) in [6.45, 7) is 5.40. The summed E-state index contributed by atoms with van der Waals surface area (Å²) in [4.78, 5) is 25.6. The summed E-state index contributed by atoms with van der Waals surface area (Å²) in [5.41, 5.74) is 2.52. The molecule has 0 fully saturated rings. The van der Waals surface area contributed by atoms with Crippen molar-refractivity contribution in [3.63, 3.8) is 0 Å². The molecule has 0 aliphatic rings. The quantitative estimate of drug-likeness (QED) is 0.814. The highest BCUT2D eigenvalue weighted by atomic mass is 19.1. The molecule has 0 aliphatic heterocycles. The molecule has 0 aromatic heterocycles. The molecule has 1 atom stereocenters. The largest absolute Gasteiger partial charge is 0.326 e. The van der Waals surface area contributed by atoms with Crippen LogP contribution in [0, 0.1) is 12.7 Å². The van der Waals surface area contributed by atoms with Gasteiger partial charge in [0.05, 0.1) is 6.04 Å². The lowest BCUT2D eigenvalue weighted by Gasteiger charge is -2.26. The highest BCUT2D eigenvalue weighted by molar-refractivity contribution is 5.94. The second-order valence-corrected chi connectivity index (χ2v) is 6.17. The van der Waals surface area contributed by atoms with Crippen LogP contribution in [0.3, 0.4) is 0 Å². The number of carbonyl (C=O) groups is 2. The summed E-state index contributed by atoms with van der Waals surface area (Å²) in [7, 11) is 1.62. The van der Waals surface area contributed by atoms with Crippen LogP contribution >= 0.6 is 0 Å². The van der Waals surface area contributed by atoms with Crippen molar-refractivity contribution in [2.24, 2.45) is 0 Å². The first kappa shape index (κ1) is 19.4. The van der Waals surface area contributed by atoms with E-state index in [9.17, 15) is 14.0 Å². The van der Waals surface area contributed by atoms with E-state index in [0.29, 0.717) is 23.4 Å². The van der Waals surface area contributed by atoms with Crippen molar-refractivity contribution < 1.29 is 14.0 Å². The molecule has 6 heteroatoms. The maximum Gasteiger partial charge on any atom is 0.322 e. The van der Waals surface area contributed by atoms with Gasteiger partial charge in [0, 0.05) is 30.4 Å².